The van der Waals surface area contributed by atoms with E-state index >= 15 is 0 Å². The molecule has 150 valence electrons. The molecule has 2 rings (SSSR count). The van der Waals surface area contributed by atoms with E-state index in [0.717, 1.165) is 42.2 Å². The summed E-state index contributed by atoms with van der Waals surface area (Å²) >= 11 is 0. The van der Waals surface area contributed by atoms with E-state index in [2.05, 4.69) is 30.4 Å². The van der Waals surface area contributed by atoms with Gasteiger partial charge in [-0.25, -0.2) is 5.43 Å². The molecule has 0 fully saturated rings. The lowest BCUT2D eigenvalue weighted by molar-refractivity contribution is -0.910. The summed E-state index contributed by atoms with van der Waals surface area (Å²) in [6, 6.07) is 12.9. The lowest BCUT2D eigenvalue weighted by Gasteiger charge is -2.18. The van der Waals surface area contributed by atoms with E-state index < -0.39 is 0 Å². The summed E-state index contributed by atoms with van der Waals surface area (Å²) in [5.74, 6) is 1.32. The number of carbonyl (C=O) groups excluding carboxylic acids is 1. The van der Waals surface area contributed by atoms with Crippen molar-refractivity contribution >= 4 is 11.6 Å². The van der Waals surface area contributed by atoms with Gasteiger partial charge < -0.3 is 14.4 Å². The average molecular weight is 385 g/mol. The molecule has 0 radical (unpaired) electrons. The Hall–Kier alpha value is -2.86. The first-order chi connectivity index (χ1) is 13.5. The molecule has 0 bridgehead atoms. The fraction of sp³-hybridized carbons (Fsp3) is 0.364. The molecule has 0 heterocycles. The van der Waals surface area contributed by atoms with Crippen LogP contribution in [0.2, 0.25) is 0 Å². The zero-order chi connectivity index (χ0) is 20.5. The van der Waals surface area contributed by atoms with Crippen molar-refractivity contribution in [3.8, 4) is 11.5 Å². The van der Waals surface area contributed by atoms with E-state index in [1.807, 2.05) is 19.1 Å². The van der Waals surface area contributed by atoms with Crippen molar-refractivity contribution < 1.29 is 19.2 Å². The molecule has 0 saturated heterocycles. The molecule has 2 N–H and O–H groups in total. The lowest BCUT2D eigenvalue weighted by Crippen LogP contribution is -3.10. The van der Waals surface area contributed by atoms with Crippen LogP contribution in [0.1, 0.15) is 42.3 Å². The zero-order valence-corrected chi connectivity index (χ0v) is 17.3. The number of benzene rings is 2. The minimum Gasteiger partial charge on any atom is -0.497 e. The summed E-state index contributed by atoms with van der Waals surface area (Å²) in [5.41, 5.74) is 5.97. The predicted octanol–water partition coefficient (Wildman–Crippen LogP) is 2.28. The highest BCUT2D eigenvalue weighted by Gasteiger charge is 2.12. The van der Waals surface area contributed by atoms with Crippen LogP contribution in [0.4, 0.5) is 0 Å². The minimum atomic E-state index is -0.261. The largest absolute Gasteiger partial charge is 0.497 e. The molecule has 2 aromatic rings. The number of hydrogen-bond acceptors (Lipinski definition) is 4. The molecule has 0 aliphatic heterocycles. The Kier molecular flexibility index (Phi) is 8.02. The van der Waals surface area contributed by atoms with E-state index in [4.69, 9.17) is 9.47 Å². The van der Waals surface area contributed by atoms with Crippen LogP contribution in [-0.4, -0.2) is 38.9 Å². The van der Waals surface area contributed by atoms with E-state index in [9.17, 15) is 4.79 Å². The normalized spacial score (nSPS) is 11.4. The summed E-state index contributed by atoms with van der Waals surface area (Å²) < 4.78 is 10.6. The van der Waals surface area contributed by atoms with E-state index in [0.29, 0.717) is 11.3 Å². The summed E-state index contributed by atoms with van der Waals surface area (Å²) in [5, 5.41) is 4.27. The Morgan fingerprint density at radius 3 is 2.21 bits per heavy atom. The van der Waals surface area contributed by atoms with Crippen molar-refractivity contribution in [2.24, 2.45) is 5.10 Å². The fourth-order valence-corrected chi connectivity index (χ4v) is 2.92. The van der Waals surface area contributed by atoms with Crippen molar-refractivity contribution in [3.63, 3.8) is 0 Å². The molecule has 0 aliphatic rings. The minimum absolute atomic E-state index is 0.261. The maximum absolute atomic E-state index is 12.3. The Morgan fingerprint density at radius 2 is 1.64 bits per heavy atom. The molecule has 0 aromatic heterocycles. The zero-order valence-electron chi connectivity index (χ0n) is 17.3. The molecule has 0 unspecified atom stereocenters. The molecule has 1 amide bonds. The number of methoxy groups -OCH3 is 2. The second-order valence-corrected chi connectivity index (χ2v) is 6.53. The molecule has 28 heavy (non-hydrogen) atoms. The van der Waals surface area contributed by atoms with Crippen LogP contribution in [0.15, 0.2) is 47.6 Å². The van der Waals surface area contributed by atoms with Crippen molar-refractivity contribution in [3.05, 3.63) is 59.2 Å². The average Bonchev–Trinajstić information content (AvgIpc) is 2.75. The Morgan fingerprint density at radius 1 is 1.00 bits per heavy atom. The highest BCUT2D eigenvalue weighted by molar-refractivity contribution is 6.01. The van der Waals surface area contributed by atoms with Crippen molar-refractivity contribution in [1.29, 1.82) is 0 Å². The van der Waals surface area contributed by atoms with Gasteiger partial charge >= 0.3 is 0 Å². The van der Waals surface area contributed by atoms with Gasteiger partial charge in [0.1, 0.15) is 18.0 Å². The highest BCUT2D eigenvalue weighted by atomic mass is 16.5. The summed E-state index contributed by atoms with van der Waals surface area (Å²) in [6.45, 7) is 9.22. The Labute approximate surface area is 167 Å². The van der Waals surface area contributed by atoms with Gasteiger partial charge in [-0.15, -0.1) is 0 Å². The maximum atomic E-state index is 12.3. The first-order valence-electron chi connectivity index (χ1n) is 9.51. The van der Waals surface area contributed by atoms with Crippen LogP contribution < -0.4 is 19.8 Å². The van der Waals surface area contributed by atoms with Gasteiger partial charge in [0.05, 0.1) is 33.0 Å². The number of nitrogens with one attached hydrogen (secondary N) is 2. The molecule has 6 heteroatoms. The van der Waals surface area contributed by atoms with Gasteiger partial charge in [0, 0.05) is 11.1 Å². The van der Waals surface area contributed by atoms with Gasteiger partial charge in [-0.2, -0.15) is 5.10 Å². The number of ether oxygens (including phenoxy) is 2. The number of nitrogens with zero attached hydrogens (tertiary/aromatic N) is 1. The molecule has 6 nitrogen and oxygen atoms in total. The monoisotopic (exact) mass is 384 g/mol. The van der Waals surface area contributed by atoms with Crippen LogP contribution in [-0.2, 0) is 6.54 Å². The van der Waals surface area contributed by atoms with Crippen molar-refractivity contribution in [2.45, 2.75) is 27.3 Å². The number of hydrogen-bond donors (Lipinski definition) is 2. The third-order valence-corrected chi connectivity index (χ3v) is 4.82. The quantitative estimate of drug-likeness (QED) is 0.515. The number of quaternary nitrogens is 1. The smallest absolute Gasteiger partial charge is 0.271 e. The molecule has 2 aromatic carbocycles. The van der Waals surface area contributed by atoms with Crippen LogP contribution in [0.5, 0.6) is 11.5 Å². The number of carbonyl (C=O) groups is 1. The van der Waals surface area contributed by atoms with Gasteiger partial charge in [0.25, 0.3) is 5.91 Å². The van der Waals surface area contributed by atoms with E-state index in [1.54, 1.807) is 38.5 Å². The number of hydrazone groups is 1. The third-order valence-electron chi connectivity index (χ3n) is 4.82. The summed E-state index contributed by atoms with van der Waals surface area (Å²) in [4.78, 5) is 13.8. The van der Waals surface area contributed by atoms with Crippen LogP contribution >= 0.6 is 0 Å². The van der Waals surface area contributed by atoms with Gasteiger partial charge in [0.15, 0.2) is 0 Å². The van der Waals surface area contributed by atoms with Gasteiger partial charge in [0.2, 0.25) is 0 Å². The van der Waals surface area contributed by atoms with Crippen molar-refractivity contribution in [2.75, 3.05) is 27.3 Å². The highest BCUT2D eigenvalue weighted by Crippen LogP contribution is 2.19. The molecule has 0 aliphatic carbocycles. The first kappa shape index (κ1) is 21.4. The van der Waals surface area contributed by atoms with E-state index in [1.165, 1.54) is 4.90 Å². The molecule has 0 spiro atoms. The Balaban J connectivity index is 2.15. The second-order valence-electron chi connectivity index (χ2n) is 6.53. The van der Waals surface area contributed by atoms with Crippen LogP contribution in [0, 0.1) is 0 Å². The van der Waals surface area contributed by atoms with Crippen LogP contribution in [0.3, 0.4) is 0 Å². The maximum Gasteiger partial charge on any atom is 0.271 e. The molecular formula is C22H30N3O3+. The predicted molar refractivity (Wildman–Crippen MR) is 111 cm³/mol. The third kappa shape index (κ3) is 5.57. The molecule has 0 saturated carbocycles. The molecular weight excluding hydrogens is 354 g/mol. The topological polar surface area (TPSA) is 64.4 Å². The summed E-state index contributed by atoms with van der Waals surface area (Å²) in [6.07, 6.45) is 0. The lowest BCUT2D eigenvalue weighted by atomic mass is 10.1. The number of amides is 1. The SMILES string of the molecule is CC[NH+](CC)Cc1cc(/C(C)=N\NC(=O)c2ccc(OC)cc2)ccc1OC. The summed E-state index contributed by atoms with van der Waals surface area (Å²) in [7, 11) is 3.28. The van der Waals surface area contributed by atoms with Gasteiger partial charge in [-0.05, 0) is 68.8 Å². The van der Waals surface area contributed by atoms with Crippen molar-refractivity contribution in [1.82, 2.24) is 5.43 Å². The standard InChI is InChI=1S/C22H29N3O3/c1-6-25(7-2)15-19-14-18(10-13-21(19)28-5)16(3)23-24-22(26)17-8-11-20(27-4)12-9-17/h8-14H,6-7,15H2,1-5H3,(H,24,26)/p+1/b23-16-. The molecule has 0 atom stereocenters. The van der Waals surface area contributed by atoms with Crippen LogP contribution in [0.25, 0.3) is 0 Å². The Bertz CT molecular complexity index is 812. The first-order valence-corrected chi connectivity index (χ1v) is 9.51. The van der Waals surface area contributed by atoms with Gasteiger partial charge in [-0.1, -0.05) is 0 Å². The van der Waals surface area contributed by atoms with E-state index in [-0.39, 0.29) is 5.91 Å². The van der Waals surface area contributed by atoms with Gasteiger partial charge in [-0.3, -0.25) is 4.79 Å². The second kappa shape index (κ2) is 10.5. The number of rotatable bonds is 9. The fourth-order valence-electron chi connectivity index (χ4n) is 2.92.